The molecule has 18 heavy (non-hydrogen) atoms. The van der Waals surface area contributed by atoms with Crippen LogP contribution in [0.25, 0.3) is 0 Å². The van der Waals surface area contributed by atoms with Crippen molar-refractivity contribution in [3.63, 3.8) is 0 Å². The highest BCUT2D eigenvalue weighted by Gasteiger charge is 2.46. The number of carbonyl (C=O) groups excluding carboxylic acids is 2. The number of amides is 1. The van der Waals surface area contributed by atoms with E-state index in [1.165, 1.54) is 0 Å². The van der Waals surface area contributed by atoms with E-state index in [1.54, 1.807) is 6.08 Å². The molecule has 3 rings (SSSR count). The highest BCUT2D eigenvalue weighted by molar-refractivity contribution is 6.05. The first-order valence-corrected chi connectivity index (χ1v) is 6.05. The summed E-state index contributed by atoms with van der Waals surface area (Å²) in [5, 5.41) is 2.87. The van der Waals surface area contributed by atoms with Gasteiger partial charge in [-0.25, -0.2) is 4.79 Å². The minimum absolute atomic E-state index is 0.0124. The van der Waals surface area contributed by atoms with Crippen LogP contribution in [0.2, 0.25) is 0 Å². The zero-order valence-corrected chi connectivity index (χ0v) is 10.4. The van der Waals surface area contributed by atoms with Crippen molar-refractivity contribution < 1.29 is 9.59 Å². The Labute approximate surface area is 105 Å². The predicted molar refractivity (Wildman–Crippen MR) is 67.1 cm³/mol. The summed E-state index contributed by atoms with van der Waals surface area (Å²) in [5.41, 5.74) is 1.95. The number of anilines is 1. The van der Waals surface area contributed by atoms with Gasteiger partial charge < -0.3 is 5.32 Å². The normalized spacial score (nSPS) is 21.8. The Kier molecular flexibility index (Phi) is 2.05. The second kappa shape index (κ2) is 3.30. The van der Waals surface area contributed by atoms with E-state index >= 15 is 0 Å². The molecule has 1 aromatic carbocycles. The summed E-state index contributed by atoms with van der Waals surface area (Å²) >= 11 is 0. The van der Waals surface area contributed by atoms with Crippen LogP contribution in [0, 0.1) is 0 Å². The summed E-state index contributed by atoms with van der Waals surface area (Å²) in [5.74, 6) is 0.0124. The highest BCUT2D eigenvalue weighted by atomic mass is 16.2. The molecule has 1 aliphatic heterocycles. The van der Waals surface area contributed by atoms with Crippen molar-refractivity contribution in [2.45, 2.75) is 37.6 Å². The lowest BCUT2D eigenvalue weighted by Gasteiger charge is -2.17. The maximum absolute atomic E-state index is 11.9. The molecule has 1 heterocycles. The molecule has 1 saturated carbocycles. The molecule has 92 valence electrons. The van der Waals surface area contributed by atoms with Crippen LogP contribution >= 0.6 is 0 Å². The number of hydrogen-bond donors (Lipinski definition) is 1. The van der Waals surface area contributed by atoms with Gasteiger partial charge >= 0.3 is 0 Å². The van der Waals surface area contributed by atoms with Crippen LogP contribution in [0.3, 0.4) is 0 Å². The number of rotatable bonds is 2. The molecule has 0 radical (unpaired) electrons. The van der Waals surface area contributed by atoms with Gasteiger partial charge in [-0.1, -0.05) is 12.1 Å². The van der Waals surface area contributed by atoms with E-state index in [4.69, 9.17) is 0 Å². The fraction of sp³-hybridized carbons (Fsp3) is 0.429. The molecule has 0 aromatic heterocycles. The summed E-state index contributed by atoms with van der Waals surface area (Å²) in [6, 6.07) is 5.84. The summed E-state index contributed by atoms with van der Waals surface area (Å²) in [4.78, 5) is 26.3. The Morgan fingerprint density at radius 2 is 2.06 bits per heavy atom. The Morgan fingerprint density at radius 3 is 2.67 bits per heavy atom. The fourth-order valence-electron chi connectivity index (χ4n) is 2.53. The Balaban J connectivity index is 2.11. The summed E-state index contributed by atoms with van der Waals surface area (Å²) < 4.78 is 0. The van der Waals surface area contributed by atoms with Gasteiger partial charge in [0.2, 0.25) is 12.0 Å². The van der Waals surface area contributed by atoms with Crippen molar-refractivity contribution in [2.24, 2.45) is 4.99 Å². The van der Waals surface area contributed by atoms with E-state index in [1.807, 2.05) is 32.0 Å². The van der Waals surface area contributed by atoms with Gasteiger partial charge in [0.15, 0.2) is 0 Å². The van der Waals surface area contributed by atoms with E-state index in [-0.39, 0.29) is 11.4 Å². The maximum atomic E-state index is 11.9. The summed E-state index contributed by atoms with van der Waals surface area (Å²) in [6.45, 7) is 3.81. The van der Waals surface area contributed by atoms with Crippen LogP contribution in [0.15, 0.2) is 23.2 Å². The molecular formula is C14H14N2O2. The molecule has 1 fully saturated rings. The number of carbonyl (C=O) groups is 1. The lowest BCUT2D eigenvalue weighted by atomic mass is 9.84. The standard InChI is InChI=1S/C14H14N2O2/c1-13(2)10-7-9(14(5-6-14)15-8-17)3-4-11(10)16-12(13)18/h3-4,7H,5-6H2,1-2H3,(H,16,18). The number of aliphatic imine (C=N–C) groups is 1. The molecule has 1 aliphatic carbocycles. The smallest absolute Gasteiger partial charge is 0.235 e. The first-order chi connectivity index (χ1) is 8.49. The quantitative estimate of drug-likeness (QED) is 0.638. The third-order valence-electron chi connectivity index (χ3n) is 4.03. The second-order valence-corrected chi connectivity index (χ2v) is 5.57. The minimum Gasteiger partial charge on any atom is -0.325 e. The lowest BCUT2D eigenvalue weighted by Crippen LogP contribution is -2.27. The highest BCUT2D eigenvalue weighted by Crippen LogP contribution is 2.51. The summed E-state index contributed by atoms with van der Waals surface area (Å²) in [7, 11) is 0. The largest absolute Gasteiger partial charge is 0.325 e. The van der Waals surface area contributed by atoms with Crippen LogP contribution in [0.1, 0.15) is 37.8 Å². The van der Waals surface area contributed by atoms with Crippen molar-refractivity contribution in [3.8, 4) is 0 Å². The van der Waals surface area contributed by atoms with Crippen molar-refractivity contribution in [1.82, 2.24) is 0 Å². The Bertz CT molecular complexity index is 594. The molecule has 2 aliphatic rings. The van der Waals surface area contributed by atoms with E-state index in [2.05, 4.69) is 10.3 Å². The molecule has 1 amide bonds. The number of hydrogen-bond acceptors (Lipinski definition) is 3. The van der Waals surface area contributed by atoms with Gasteiger partial charge in [-0.3, -0.25) is 4.79 Å². The van der Waals surface area contributed by atoms with Gasteiger partial charge in [0.25, 0.3) is 0 Å². The SMILES string of the molecule is CC1(C)C(=O)Nc2ccc(C3(N=C=O)CC3)cc21. The van der Waals surface area contributed by atoms with Crippen molar-refractivity contribution in [2.75, 3.05) is 5.32 Å². The monoisotopic (exact) mass is 242 g/mol. The molecular weight excluding hydrogens is 228 g/mol. The number of benzene rings is 1. The van der Waals surface area contributed by atoms with Gasteiger partial charge in [0, 0.05) is 5.69 Å². The molecule has 0 unspecified atom stereocenters. The topological polar surface area (TPSA) is 58.5 Å². The van der Waals surface area contributed by atoms with Gasteiger partial charge in [0.05, 0.1) is 11.0 Å². The predicted octanol–water partition coefficient (Wildman–Crippen LogP) is 2.24. The third-order valence-corrected chi connectivity index (χ3v) is 4.03. The molecule has 0 bridgehead atoms. The first kappa shape index (κ1) is 11.2. The van der Waals surface area contributed by atoms with Crippen molar-refractivity contribution in [1.29, 1.82) is 0 Å². The average Bonchev–Trinajstić information content (AvgIpc) is 3.06. The number of isocyanates is 1. The van der Waals surface area contributed by atoms with Gasteiger partial charge in [0.1, 0.15) is 0 Å². The van der Waals surface area contributed by atoms with Crippen LogP contribution in [-0.2, 0) is 20.5 Å². The number of nitrogens with zero attached hydrogens (tertiary/aromatic N) is 1. The first-order valence-electron chi connectivity index (χ1n) is 6.05. The molecule has 1 aromatic rings. The maximum Gasteiger partial charge on any atom is 0.235 e. The second-order valence-electron chi connectivity index (χ2n) is 5.57. The van der Waals surface area contributed by atoms with Gasteiger partial charge in [-0.2, -0.15) is 4.99 Å². The molecule has 0 atom stereocenters. The zero-order valence-electron chi connectivity index (χ0n) is 10.4. The van der Waals surface area contributed by atoms with Gasteiger partial charge in [-0.15, -0.1) is 0 Å². The van der Waals surface area contributed by atoms with E-state index in [9.17, 15) is 9.59 Å². The van der Waals surface area contributed by atoms with Crippen molar-refractivity contribution in [3.05, 3.63) is 29.3 Å². The van der Waals surface area contributed by atoms with Crippen LogP contribution in [-0.4, -0.2) is 12.0 Å². The summed E-state index contributed by atoms with van der Waals surface area (Å²) in [6.07, 6.45) is 3.41. The molecule has 1 N–H and O–H groups in total. The number of fused-ring (bicyclic) bond motifs is 1. The molecule has 0 spiro atoms. The van der Waals surface area contributed by atoms with Crippen molar-refractivity contribution >= 4 is 17.7 Å². The molecule has 0 saturated heterocycles. The van der Waals surface area contributed by atoms with Crippen LogP contribution in [0.4, 0.5) is 5.69 Å². The zero-order chi connectivity index (χ0) is 13.0. The van der Waals surface area contributed by atoms with E-state index < -0.39 is 5.41 Å². The molecule has 4 nitrogen and oxygen atoms in total. The third kappa shape index (κ3) is 1.36. The lowest BCUT2D eigenvalue weighted by molar-refractivity contribution is -0.119. The van der Waals surface area contributed by atoms with E-state index in [0.717, 1.165) is 29.7 Å². The fourth-order valence-corrected chi connectivity index (χ4v) is 2.53. The Morgan fingerprint density at radius 1 is 1.33 bits per heavy atom. The molecule has 4 heteroatoms. The average molecular weight is 242 g/mol. The minimum atomic E-state index is -0.522. The van der Waals surface area contributed by atoms with E-state index in [0.29, 0.717) is 0 Å². The number of nitrogens with one attached hydrogen (secondary N) is 1. The Hall–Kier alpha value is -1.93. The van der Waals surface area contributed by atoms with Crippen LogP contribution in [0.5, 0.6) is 0 Å². The van der Waals surface area contributed by atoms with Crippen LogP contribution < -0.4 is 5.32 Å². The van der Waals surface area contributed by atoms with Gasteiger partial charge in [-0.05, 0) is 43.9 Å².